The zero-order valence-corrected chi connectivity index (χ0v) is 11.9. The first kappa shape index (κ1) is 16.5. The number of hydrogen-bond donors (Lipinski definition) is 3. The molecule has 0 bridgehead atoms. The second-order valence-corrected chi connectivity index (χ2v) is 4.67. The lowest BCUT2D eigenvalue weighted by Crippen LogP contribution is -2.47. The van der Waals surface area contributed by atoms with Gasteiger partial charge in [-0.05, 0) is 31.0 Å². The van der Waals surface area contributed by atoms with Crippen molar-refractivity contribution in [2.45, 2.75) is 25.8 Å². The van der Waals surface area contributed by atoms with E-state index in [1.54, 1.807) is 18.2 Å². The number of urea groups is 1. The summed E-state index contributed by atoms with van der Waals surface area (Å²) in [6.07, 6.45) is -0.497. The maximum atomic E-state index is 12.0. The zero-order chi connectivity index (χ0) is 16.0. The highest BCUT2D eigenvalue weighted by molar-refractivity contribution is 5.94. The molecule has 7 nitrogen and oxygen atoms in total. The van der Waals surface area contributed by atoms with Gasteiger partial charge in [-0.25, -0.2) is 9.59 Å². The van der Waals surface area contributed by atoms with Gasteiger partial charge in [0.15, 0.2) is 0 Å². The van der Waals surface area contributed by atoms with Crippen LogP contribution in [-0.4, -0.2) is 41.3 Å². The average molecular weight is 294 g/mol. The van der Waals surface area contributed by atoms with Crippen molar-refractivity contribution in [3.8, 4) is 0 Å². The van der Waals surface area contributed by atoms with Crippen molar-refractivity contribution in [1.29, 1.82) is 0 Å². The number of carbonyl (C=O) groups excluding carboxylic acids is 1. The summed E-state index contributed by atoms with van der Waals surface area (Å²) in [7, 11) is 1.51. The lowest BCUT2D eigenvalue weighted by atomic mass is 10.1. The molecule has 1 aromatic rings. The van der Waals surface area contributed by atoms with Crippen LogP contribution in [-0.2, 0) is 9.59 Å². The Balaban J connectivity index is 2.72. The van der Waals surface area contributed by atoms with Crippen molar-refractivity contribution in [2.75, 3.05) is 11.9 Å². The molecule has 0 saturated heterocycles. The summed E-state index contributed by atoms with van der Waals surface area (Å²) in [4.78, 5) is 34.8. The fraction of sp³-hybridized carbons (Fsp3) is 0.357. The molecule has 3 N–H and O–H groups in total. The Labute approximate surface area is 122 Å². The number of carboxylic acids is 2. The fourth-order valence-corrected chi connectivity index (χ4v) is 1.72. The quantitative estimate of drug-likeness (QED) is 0.736. The van der Waals surface area contributed by atoms with E-state index in [-0.39, 0.29) is 12.8 Å². The number of aryl methyl sites for hydroxylation is 1. The van der Waals surface area contributed by atoms with Gasteiger partial charge in [-0.2, -0.15) is 0 Å². The van der Waals surface area contributed by atoms with E-state index in [1.807, 2.05) is 13.0 Å². The van der Waals surface area contributed by atoms with Crippen molar-refractivity contribution in [1.82, 2.24) is 5.32 Å². The molecule has 0 aliphatic rings. The number of aliphatic carboxylic acids is 2. The van der Waals surface area contributed by atoms with Crippen LogP contribution in [0.2, 0.25) is 0 Å². The Morgan fingerprint density at radius 1 is 1.29 bits per heavy atom. The normalized spacial score (nSPS) is 11.5. The van der Waals surface area contributed by atoms with E-state index >= 15 is 0 Å². The van der Waals surface area contributed by atoms with Gasteiger partial charge in [0.1, 0.15) is 6.04 Å². The third kappa shape index (κ3) is 5.13. The summed E-state index contributed by atoms with van der Waals surface area (Å²) in [5, 5.41) is 19.9. The summed E-state index contributed by atoms with van der Waals surface area (Å²) < 4.78 is 0. The van der Waals surface area contributed by atoms with Gasteiger partial charge in [0.25, 0.3) is 0 Å². The number of amides is 2. The largest absolute Gasteiger partial charge is 0.481 e. The standard InChI is InChI=1S/C14H18N2O5/c1-9-4-3-5-10(8-9)16(2)14(21)15-11(13(19)20)6-7-12(17)18/h3-5,8,11H,6-7H2,1-2H3,(H,15,21)(H,17,18)(H,19,20). The van der Waals surface area contributed by atoms with Crippen LogP contribution in [0.4, 0.5) is 10.5 Å². The van der Waals surface area contributed by atoms with Gasteiger partial charge in [-0.1, -0.05) is 12.1 Å². The minimum absolute atomic E-state index is 0.169. The van der Waals surface area contributed by atoms with E-state index < -0.39 is 24.0 Å². The molecule has 0 aliphatic heterocycles. The van der Waals surface area contributed by atoms with Crippen LogP contribution in [0.25, 0.3) is 0 Å². The molecule has 1 rings (SSSR count). The molecule has 0 aliphatic carbocycles. The van der Waals surface area contributed by atoms with Crippen molar-refractivity contribution in [3.63, 3.8) is 0 Å². The molecular weight excluding hydrogens is 276 g/mol. The van der Waals surface area contributed by atoms with E-state index in [0.717, 1.165) is 5.56 Å². The number of carbonyl (C=O) groups is 3. The van der Waals surface area contributed by atoms with Gasteiger partial charge >= 0.3 is 18.0 Å². The molecule has 21 heavy (non-hydrogen) atoms. The second kappa shape index (κ2) is 7.28. The van der Waals surface area contributed by atoms with Gasteiger partial charge in [-0.3, -0.25) is 9.69 Å². The first-order valence-electron chi connectivity index (χ1n) is 6.36. The Morgan fingerprint density at radius 3 is 2.48 bits per heavy atom. The molecule has 0 heterocycles. The second-order valence-electron chi connectivity index (χ2n) is 4.67. The summed E-state index contributed by atoms with van der Waals surface area (Å²) in [6, 6.07) is 5.33. The summed E-state index contributed by atoms with van der Waals surface area (Å²) in [5.74, 6) is -2.37. The predicted octanol–water partition coefficient (Wildman–Crippen LogP) is 1.46. The van der Waals surface area contributed by atoms with Crippen LogP contribution < -0.4 is 10.2 Å². The van der Waals surface area contributed by atoms with Crippen LogP contribution in [0.5, 0.6) is 0 Å². The summed E-state index contributed by atoms with van der Waals surface area (Å²) in [6.45, 7) is 1.88. The van der Waals surface area contributed by atoms with E-state index in [0.29, 0.717) is 5.69 Å². The third-order valence-electron chi connectivity index (χ3n) is 2.94. The van der Waals surface area contributed by atoms with Crippen molar-refractivity contribution in [2.24, 2.45) is 0 Å². The Kier molecular flexibility index (Phi) is 5.71. The minimum Gasteiger partial charge on any atom is -0.481 e. The number of anilines is 1. The average Bonchev–Trinajstić information content (AvgIpc) is 2.41. The third-order valence-corrected chi connectivity index (χ3v) is 2.94. The highest BCUT2D eigenvalue weighted by Gasteiger charge is 2.23. The summed E-state index contributed by atoms with van der Waals surface area (Å²) >= 11 is 0. The number of hydrogen-bond acceptors (Lipinski definition) is 3. The van der Waals surface area contributed by atoms with E-state index in [1.165, 1.54) is 11.9 Å². The van der Waals surface area contributed by atoms with Crippen molar-refractivity contribution in [3.05, 3.63) is 29.8 Å². The number of benzene rings is 1. The molecule has 0 spiro atoms. The Morgan fingerprint density at radius 2 is 1.95 bits per heavy atom. The molecule has 1 aromatic carbocycles. The zero-order valence-electron chi connectivity index (χ0n) is 11.9. The lowest BCUT2D eigenvalue weighted by molar-refractivity contribution is -0.140. The Bertz CT molecular complexity index is 544. The Hall–Kier alpha value is -2.57. The molecule has 7 heteroatoms. The van der Waals surface area contributed by atoms with Gasteiger partial charge < -0.3 is 15.5 Å². The number of nitrogens with zero attached hydrogens (tertiary/aromatic N) is 1. The monoisotopic (exact) mass is 294 g/mol. The maximum absolute atomic E-state index is 12.0. The lowest BCUT2D eigenvalue weighted by Gasteiger charge is -2.21. The number of rotatable bonds is 6. The molecule has 0 saturated carbocycles. The van der Waals surface area contributed by atoms with Gasteiger partial charge in [0, 0.05) is 19.2 Å². The van der Waals surface area contributed by atoms with E-state index in [4.69, 9.17) is 10.2 Å². The molecule has 2 amide bonds. The molecule has 0 fully saturated rings. The van der Waals surface area contributed by atoms with E-state index in [9.17, 15) is 14.4 Å². The van der Waals surface area contributed by atoms with Gasteiger partial charge in [0.05, 0.1) is 0 Å². The first-order chi connectivity index (χ1) is 9.81. The number of nitrogens with one attached hydrogen (secondary N) is 1. The summed E-state index contributed by atoms with van der Waals surface area (Å²) in [5.41, 5.74) is 1.59. The van der Waals surface area contributed by atoms with Crippen molar-refractivity contribution >= 4 is 23.7 Å². The van der Waals surface area contributed by atoms with Crippen LogP contribution in [0.3, 0.4) is 0 Å². The topological polar surface area (TPSA) is 107 Å². The highest BCUT2D eigenvalue weighted by atomic mass is 16.4. The van der Waals surface area contributed by atoms with E-state index in [2.05, 4.69) is 5.32 Å². The van der Waals surface area contributed by atoms with Crippen LogP contribution >= 0.6 is 0 Å². The smallest absolute Gasteiger partial charge is 0.326 e. The molecular formula is C14H18N2O5. The first-order valence-corrected chi connectivity index (χ1v) is 6.36. The van der Waals surface area contributed by atoms with Crippen molar-refractivity contribution < 1.29 is 24.6 Å². The number of carboxylic acid groups (broad SMARTS) is 2. The highest BCUT2D eigenvalue weighted by Crippen LogP contribution is 2.14. The maximum Gasteiger partial charge on any atom is 0.326 e. The predicted molar refractivity (Wildman–Crippen MR) is 76.4 cm³/mol. The molecule has 114 valence electrons. The van der Waals surface area contributed by atoms with Gasteiger partial charge in [0.2, 0.25) is 0 Å². The molecule has 0 radical (unpaired) electrons. The SMILES string of the molecule is Cc1cccc(N(C)C(=O)NC(CCC(=O)O)C(=O)O)c1. The molecule has 0 aromatic heterocycles. The van der Waals surface area contributed by atoms with Crippen LogP contribution in [0.15, 0.2) is 24.3 Å². The minimum atomic E-state index is -1.26. The molecule has 1 atom stereocenters. The molecule has 1 unspecified atom stereocenters. The van der Waals surface area contributed by atoms with Crippen LogP contribution in [0, 0.1) is 6.92 Å². The van der Waals surface area contributed by atoms with Crippen LogP contribution in [0.1, 0.15) is 18.4 Å². The van der Waals surface area contributed by atoms with Gasteiger partial charge in [-0.15, -0.1) is 0 Å². The fourth-order valence-electron chi connectivity index (χ4n) is 1.72.